The number of carbonyl (C=O) groups excluding carboxylic acids is 1. The zero-order valence-corrected chi connectivity index (χ0v) is 21.0. The quantitative estimate of drug-likeness (QED) is 0.252. The van der Waals surface area contributed by atoms with E-state index in [1.165, 1.54) is 24.2 Å². The number of piperidine rings is 3. The molecule has 1 aliphatic carbocycles. The molecule has 0 radical (unpaired) electrons. The van der Waals surface area contributed by atoms with Gasteiger partial charge in [0.1, 0.15) is 18.2 Å². The minimum Gasteiger partial charge on any atom is -0.493 e. The molecule has 186 valence electrons. The first-order valence-electron chi connectivity index (χ1n) is 13.6. The van der Waals surface area contributed by atoms with E-state index in [2.05, 4.69) is 48.5 Å². The Balaban J connectivity index is 1.15. The van der Waals surface area contributed by atoms with Crippen molar-refractivity contribution in [1.29, 1.82) is 0 Å². The second-order valence-corrected chi connectivity index (χ2v) is 10.9. The summed E-state index contributed by atoms with van der Waals surface area (Å²) in [5.74, 6) is 1.03. The molecule has 3 saturated heterocycles. The van der Waals surface area contributed by atoms with Crippen molar-refractivity contribution in [3.8, 4) is 5.75 Å². The summed E-state index contributed by atoms with van der Waals surface area (Å²) in [6.45, 7) is 5.15. The average molecular weight is 483 g/mol. The Morgan fingerprint density at radius 3 is 2.08 bits per heavy atom. The largest absolute Gasteiger partial charge is 0.493 e. The van der Waals surface area contributed by atoms with E-state index in [1.54, 1.807) is 0 Å². The number of rotatable bonds is 7. The molecule has 7 rings (SSSR count). The molecule has 36 heavy (non-hydrogen) atoms. The summed E-state index contributed by atoms with van der Waals surface area (Å²) >= 11 is 0. The molecule has 0 saturated carbocycles. The normalized spacial score (nSPS) is 24.9. The van der Waals surface area contributed by atoms with Crippen molar-refractivity contribution in [1.82, 2.24) is 0 Å². The monoisotopic (exact) mass is 482 g/mol. The van der Waals surface area contributed by atoms with Crippen LogP contribution in [-0.4, -0.2) is 49.3 Å². The summed E-state index contributed by atoms with van der Waals surface area (Å²) in [6, 6.07) is 26.9. The van der Waals surface area contributed by atoms with Gasteiger partial charge >= 0.3 is 5.97 Å². The summed E-state index contributed by atoms with van der Waals surface area (Å²) in [7, 11) is 0. The molecule has 1 unspecified atom stereocenters. The topological polar surface area (TPSA) is 35.5 Å². The Kier molecular flexibility index (Phi) is 6.54. The van der Waals surface area contributed by atoms with Gasteiger partial charge in [0.25, 0.3) is 0 Å². The summed E-state index contributed by atoms with van der Waals surface area (Å²) in [6.07, 6.45) is 5.26. The van der Waals surface area contributed by atoms with Crippen LogP contribution in [0.4, 0.5) is 0 Å². The van der Waals surface area contributed by atoms with E-state index < -0.39 is 0 Å². The molecule has 4 heteroatoms. The number of para-hydroxylation sites is 1. The maximum absolute atomic E-state index is 13.9. The lowest BCUT2D eigenvalue weighted by Gasteiger charge is -2.52. The van der Waals surface area contributed by atoms with Gasteiger partial charge in [-0.25, -0.2) is 0 Å². The predicted molar refractivity (Wildman–Crippen MR) is 141 cm³/mol. The Labute approximate surface area is 214 Å². The number of hydrogen-bond acceptors (Lipinski definition) is 3. The standard InChI is InChI=1S/C32H36NO3/c34-32(31-28-13-6-4-9-24(28)15-16-25-10-5-7-14-29(25)31)36-30-23-33(20-17-26(30)18-21-33)19-8-22-35-27-11-2-1-3-12-27/h1-7,9-14,26,30-31H,8,15-23H2/q+1. The smallest absolute Gasteiger partial charge is 0.318 e. The fourth-order valence-corrected chi connectivity index (χ4v) is 6.77. The van der Waals surface area contributed by atoms with E-state index in [4.69, 9.17) is 9.47 Å². The van der Waals surface area contributed by atoms with Gasteiger partial charge in [-0.1, -0.05) is 66.7 Å². The highest BCUT2D eigenvalue weighted by Crippen LogP contribution is 2.39. The summed E-state index contributed by atoms with van der Waals surface area (Å²) in [4.78, 5) is 13.9. The van der Waals surface area contributed by atoms with E-state index in [0.29, 0.717) is 5.92 Å². The van der Waals surface area contributed by atoms with Crippen molar-refractivity contribution in [2.75, 3.05) is 32.8 Å². The van der Waals surface area contributed by atoms with E-state index in [0.717, 1.165) is 73.2 Å². The van der Waals surface area contributed by atoms with Gasteiger partial charge in [-0.05, 0) is 47.2 Å². The van der Waals surface area contributed by atoms with Crippen molar-refractivity contribution >= 4 is 5.97 Å². The highest BCUT2D eigenvalue weighted by atomic mass is 16.5. The fourth-order valence-electron chi connectivity index (χ4n) is 6.77. The Morgan fingerprint density at radius 1 is 0.806 bits per heavy atom. The van der Waals surface area contributed by atoms with Crippen molar-refractivity contribution < 1.29 is 18.8 Å². The molecule has 2 bridgehead atoms. The molecular weight excluding hydrogens is 446 g/mol. The van der Waals surface area contributed by atoms with Gasteiger partial charge < -0.3 is 14.0 Å². The van der Waals surface area contributed by atoms with Crippen LogP contribution in [0.2, 0.25) is 0 Å². The Morgan fingerprint density at radius 2 is 1.42 bits per heavy atom. The SMILES string of the molecule is O=C(OC1C[N+]2(CCCOc3ccccc3)CCC1CC2)C1c2ccccc2CCc2ccccc21. The average Bonchev–Trinajstić information content (AvgIpc) is 3.09. The highest BCUT2D eigenvalue weighted by Gasteiger charge is 2.48. The third-order valence-corrected chi connectivity index (χ3v) is 8.73. The minimum absolute atomic E-state index is 0.0117. The van der Waals surface area contributed by atoms with Crippen LogP contribution in [0.3, 0.4) is 0 Å². The Bertz CT molecular complexity index is 1150. The molecule has 3 heterocycles. The lowest BCUT2D eigenvalue weighted by atomic mass is 9.82. The molecule has 4 nitrogen and oxygen atoms in total. The predicted octanol–water partition coefficient (Wildman–Crippen LogP) is 5.54. The minimum atomic E-state index is -0.330. The first-order chi connectivity index (χ1) is 17.7. The van der Waals surface area contributed by atoms with Crippen LogP contribution in [0.15, 0.2) is 78.9 Å². The van der Waals surface area contributed by atoms with Crippen LogP contribution < -0.4 is 4.74 Å². The number of benzene rings is 3. The van der Waals surface area contributed by atoms with Crippen molar-refractivity contribution in [3.05, 3.63) is 101 Å². The maximum Gasteiger partial charge on any atom is 0.318 e. The fraction of sp³-hybridized carbons (Fsp3) is 0.406. The van der Waals surface area contributed by atoms with Gasteiger partial charge in [0.05, 0.1) is 26.2 Å². The second kappa shape index (κ2) is 10.1. The first kappa shape index (κ1) is 23.3. The maximum atomic E-state index is 13.9. The number of nitrogens with zero attached hydrogens (tertiary/aromatic N) is 1. The third-order valence-electron chi connectivity index (χ3n) is 8.73. The number of ether oxygens (including phenoxy) is 2. The van der Waals surface area contributed by atoms with Crippen molar-refractivity contribution in [2.24, 2.45) is 5.92 Å². The molecule has 1 atom stereocenters. The van der Waals surface area contributed by atoms with Crippen LogP contribution in [0.1, 0.15) is 47.4 Å². The van der Waals surface area contributed by atoms with Gasteiger partial charge in [-0.2, -0.15) is 0 Å². The van der Waals surface area contributed by atoms with Crippen LogP contribution >= 0.6 is 0 Å². The van der Waals surface area contributed by atoms with Crippen molar-refractivity contribution in [2.45, 2.75) is 44.1 Å². The molecule has 4 aliphatic rings. The van der Waals surface area contributed by atoms with E-state index in [9.17, 15) is 4.79 Å². The molecule has 3 aromatic rings. The van der Waals surface area contributed by atoms with E-state index >= 15 is 0 Å². The molecule has 0 N–H and O–H groups in total. The summed E-state index contributed by atoms with van der Waals surface area (Å²) in [5, 5.41) is 0. The van der Waals surface area contributed by atoms with Gasteiger partial charge in [0, 0.05) is 25.2 Å². The van der Waals surface area contributed by atoms with E-state index in [1.807, 2.05) is 30.3 Å². The van der Waals surface area contributed by atoms with Crippen LogP contribution in [0.25, 0.3) is 0 Å². The Hall–Kier alpha value is -3.11. The van der Waals surface area contributed by atoms with E-state index in [-0.39, 0.29) is 18.0 Å². The number of carbonyl (C=O) groups is 1. The third kappa shape index (κ3) is 4.67. The van der Waals surface area contributed by atoms with Gasteiger partial charge in [-0.3, -0.25) is 4.79 Å². The molecule has 0 spiro atoms. The number of hydrogen-bond donors (Lipinski definition) is 0. The number of esters is 1. The number of quaternary nitrogens is 1. The number of aryl methyl sites for hydroxylation is 2. The van der Waals surface area contributed by atoms with Crippen molar-refractivity contribution in [3.63, 3.8) is 0 Å². The lowest BCUT2D eigenvalue weighted by Crippen LogP contribution is -2.64. The van der Waals surface area contributed by atoms with Gasteiger partial charge in [0.15, 0.2) is 6.10 Å². The summed E-state index contributed by atoms with van der Waals surface area (Å²) < 4.78 is 13.5. The molecule has 3 aromatic carbocycles. The van der Waals surface area contributed by atoms with Crippen LogP contribution in [0, 0.1) is 5.92 Å². The zero-order valence-electron chi connectivity index (χ0n) is 21.0. The lowest BCUT2D eigenvalue weighted by molar-refractivity contribution is -0.946. The van der Waals surface area contributed by atoms with Crippen LogP contribution in [0.5, 0.6) is 5.75 Å². The first-order valence-corrected chi connectivity index (χ1v) is 13.6. The molecule has 3 aliphatic heterocycles. The molecular formula is C32H36NO3+. The molecule has 0 amide bonds. The van der Waals surface area contributed by atoms with Gasteiger partial charge in [0.2, 0.25) is 0 Å². The van der Waals surface area contributed by atoms with Gasteiger partial charge in [-0.15, -0.1) is 0 Å². The zero-order chi connectivity index (χ0) is 24.4. The molecule has 0 aromatic heterocycles. The highest BCUT2D eigenvalue weighted by molar-refractivity contribution is 5.84. The van der Waals surface area contributed by atoms with Crippen LogP contribution in [-0.2, 0) is 22.4 Å². The number of fused-ring (bicyclic) bond motifs is 5. The second-order valence-electron chi connectivity index (χ2n) is 10.9. The summed E-state index contributed by atoms with van der Waals surface area (Å²) in [5.41, 5.74) is 4.78. The molecule has 3 fully saturated rings.